The molecule has 9 heteroatoms. The molecule has 1 fully saturated rings. The van der Waals surface area contributed by atoms with Crippen molar-refractivity contribution in [2.75, 3.05) is 13.1 Å². The number of amides is 1. The van der Waals surface area contributed by atoms with Crippen LogP contribution in [0.1, 0.15) is 22.3 Å². The maximum absolute atomic E-state index is 12.7. The number of hydrogen-bond donors (Lipinski definition) is 2. The van der Waals surface area contributed by atoms with Gasteiger partial charge in [-0.25, -0.2) is 9.67 Å². The summed E-state index contributed by atoms with van der Waals surface area (Å²) in [6.45, 7) is 2.73. The number of nitro groups is 1. The second kappa shape index (κ2) is 8.19. The average molecular weight is 393 g/mol. The molecule has 1 aromatic heterocycles. The molecule has 2 heterocycles. The third-order valence-corrected chi connectivity index (χ3v) is 5.11. The average Bonchev–Trinajstić information content (AvgIpc) is 3.40. The van der Waals surface area contributed by atoms with Crippen LogP contribution in [0.2, 0.25) is 0 Å². The SMILES string of the molecule is O=C(N[C@@H]1CC[NH+](Cc2ccccc2)C1)c1ccc(-n2cncn2)c([N+](=O)[O-])c1. The number of carbonyl (C=O) groups is 1. The molecule has 0 bridgehead atoms. The van der Waals surface area contributed by atoms with Gasteiger partial charge in [0, 0.05) is 23.6 Å². The smallest absolute Gasteiger partial charge is 0.295 e. The van der Waals surface area contributed by atoms with Crippen LogP contribution in [-0.2, 0) is 6.54 Å². The minimum absolute atomic E-state index is 0.0512. The first-order chi connectivity index (χ1) is 14.1. The summed E-state index contributed by atoms with van der Waals surface area (Å²) in [5, 5.41) is 18.4. The Labute approximate surface area is 167 Å². The summed E-state index contributed by atoms with van der Waals surface area (Å²) in [5.41, 5.74) is 1.61. The van der Waals surface area contributed by atoms with E-state index in [2.05, 4.69) is 27.5 Å². The van der Waals surface area contributed by atoms with Gasteiger partial charge in [0.1, 0.15) is 24.9 Å². The fourth-order valence-electron chi connectivity index (χ4n) is 3.71. The van der Waals surface area contributed by atoms with Crippen LogP contribution in [0, 0.1) is 10.1 Å². The predicted molar refractivity (Wildman–Crippen MR) is 105 cm³/mol. The van der Waals surface area contributed by atoms with Crippen LogP contribution in [-0.4, -0.2) is 44.7 Å². The zero-order valence-electron chi connectivity index (χ0n) is 15.7. The van der Waals surface area contributed by atoms with Crippen molar-refractivity contribution in [2.24, 2.45) is 0 Å². The van der Waals surface area contributed by atoms with Crippen LogP contribution in [0.15, 0.2) is 61.2 Å². The van der Waals surface area contributed by atoms with E-state index in [1.807, 2.05) is 18.2 Å². The van der Waals surface area contributed by atoms with Crippen molar-refractivity contribution in [1.82, 2.24) is 20.1 Å². The first-order valence-corrected chi connectivity index (χ1v) is 9.42. The molecule has 1 aliphatic heterocycles. The molecule has 0 saturated carbocycles. The molecule has 1 saturated heterocycles. The molecule has 2 N–H and O–H groups in total. The maximum Gasteiger partial charge on any atom is 0.295 e. The van der Waals surface area contributed by atoms with Gasteiger partial charge in [-0.15, -0.1) is 0 Å². The van der Waals surface area contributed by atoms with E-state index in [4.69, 9.17) is 0 Å². The Bertz CT molecular complexity index is 1010. The van der Waals surface area contributed by atoms with E-state index in [1.54, 1.807) is 6.07 Å². The topological polar surface area (TPSA) is 107 Å². The molecule has 2 atom stereocenters. The summed E-state index contributed by atoms with van der Waals surface area (Å²) in [4.78, 5) is 28.8. The van der Waals surface area contributed by atoms with Gasteiger partial charge in [0.15, 0.2) is 0 Å². The molecule has 1 aliphatic rings. The highest BCUT2D eigenvalue weighted by molar-refractivity contribution is 5.95. The van der Waals surface area contributed by atoms with Crippen LogP contribution in [0.4, 0.5) is 5.69 Å². The van der Waals surface area contributed by atoms with Gasteiger partial charge in [0.05, 0.1) is 24.1 Å². The number of nitrogens with zero attached hydrogens (tertiary/aromatic N) is 4. The third-order valence-electron chi connectivity index (χ3n) is 5.11. The van der Waals surface area contributed by atoms with Crippen molar-refractivity contribution in [3.05, 3.63) is 82.4 Å². The van der Waals surface area contributed by atoms with E-state index >= 15 is 0 Å². The molecule has 0 spiro atoms. The van der Waals surface area contributed by atoms with Crippen LogP contribution in [0.5, 0.6) is 0 Å². The highest BCUT2D eigenvalue weighted by Gasteiger charge is 2.28. The second-order valence-electron chi connectivity index (χ2n) is 7.13. The minimum Gasteiger partial charge on any atom is -0.343 e. The Morgan fingerprint density at radius 1 is 1.28 bits per heavy atom. The van der Waals surface area contributed by atoms with E-state index in [1.165, 1.54) is 39.9 Å². The fourth-order valence-corrected chi connectivity index (χ4v) is 3.71. The molecule has 4 rings (SSSR count). The fraction of sp³-hybridized carbons (Fsp3) is 0.250. The van der Waals surface area contributed by atoms with Gasteiger partial charge < -0.3 is 10.2 Å². The molecule has 9 nitrogen and oxygen atoms in total. The Morgan fingerprint density at radius 3 is 2.83 bits per heavy atom. The van der Waals surface area contributed by atoms with Crippen LogP contribution < -0.4 is 10.2 Å². The Kier molecular flexibility index (Phi) is 5.30. The van der Waals surface area contributed by atoms with Gasteiger partial charge in [0.25, 0.3) is 11.6 Å². The quantitative estimate of drug-likeness (QED) is 0.475. The van der Waals surface area contributed by atoms with Gasteiger partial charge in [0.2, 0.25) is 0 Å². The first kappa shape index (κ1) is 18.8. The van der Waals surface area contributed by atoms with E-state index in [0.29, 0.717) is 0 Å². The van der Waals surface area contributed by atoms with Gasteiger partial charge in [-0.2, -0.15) is 5.10 Å². The number of benzene rings is 2. The number of nitro benzene ring substituents is 1. The van der Waals surface area contributed by atoms with Gasteiger partial charge in [-0.05, 0) is 12.1 Å². The number of likely N-dealkylation sites (tertiary alicyclic amines) is 1. The summed E-state index contributed by atoms with van der Waals surface area (Å²) in [5.74, 6) is -0.302. The Hall–Kier alpha value is -3.59. The number of hydrogen-bond acceptors (Lipinski definition) is 5. The standard InChI is InChI=1S/C20H20N6O3/c27-20(23-17-8-9-24(12-17)11-15-4-2-1-3-5-15)16-6-7-18(19(10-16)26(28)29)25-14-21-13-22-25/h1-7,10,13-14,17H,8-9,11-12H2,(H,23,27)/p+1/t17-/m1/s1. The van der Waals surface area contributed by atoms with E-state index < -0.39 is 4.92 Å². The maximum atomic E-state index is 12.7. The van der Waals surface area contributed by atoms with Gasteiger partial charge in [-0.3, -0.25) is 14.9 Å². The largest absolute Gasteiger partial charge is 0.343 e. The summed E-state index contributed by atoms with van der Waals surface area (Å²) in [6, 6.07) is 14.7. The molecule has 1 unspecified atom stereocenters. The number of rotatable bonds is 6. The summed E-state index contributed by atoms with van der Waals surface area (Å²) >= 11 is 0. The van der Waals surface area contributed by atoms with E-state index in [9.17, 15) is 14.9 Å². The highest BCUT2D eigenvalue weighted by atomic mass is 16.6. The summed E-state index contributed by atoms with van der Waals surface area (Å²) < 4.78 is 1.31. The zero-order valence-corrected chi connectivity index (χ0v) is 15.7. The van der Waals surface area contributed by atoms with E-state index in [0.717, 1.165) is 26.1 Å². The van der Waals surface area contributed by atoms with Crippen molar-refractivity contribution in [3.63, 3.8) is 0 Å². The van der Waals surface area contributed by atoms with Crippen LogP contribution in [0.25, 0.3) is 5.69 Å². The summed E-state index contributed by atoms with van der Waals surface area (Å²) in [6.07, 6.45) is 3.56. The molecule has 148 valence electrons. The zero-order chi connectivity index (χ0) is 20.2. The highest BCUT2D eigenvalue weighted by Crippen LogP contribution is 2.23. The molecule has 29 heavy (non-hydrogen) atoms. The minimum atomic E-state index is -0.519. The molecule has 1 amide bonds. The van der Waals surface area contributed by atoms with Crippen molar-refractivity contribution >= 4 is 11.6 Å². The number of aromatic nitrogens is 3. The van der Waals surface area contributed by atoms with Gasteiger partial charge in [-0.1, -0.05) is 30.3 Å². The van der Waals surface area contributed by atoms with Crippen molar-refractivity contribution in [2.45, 2.75) is 19.0 Å². The first-order valence-electron chi connectivity index (χ1n) is 9.42. The molecule has 0 radical (unpaired) electrons. The molecule has 0 aliphatic carbocycles. The molecule has 3 aromatic rings. The lowest BCUT2D eigenvalue weighted by atomic mass is 10.1. The Balaban J connectivity index is 1.42. The Morgan fingerprint density at radius 2 is 2.10 bits per heavy atom. The van der Waals surface area contributed by atoms with Gasteiger partial charge >= 0.3 is 0 Å². The lowest BCUT2D eigenvalue weighted by molar-refractivity contribution is -0.901. The van der Waals surface area contributed by atoms with Crippen molar-refractivity contribution < 1.29 is 14.6 Å². The predicted octanol–water partition coefficient (Wildman–Crippen LogP) is 0.763. The molecular formula is C20H21N6O3+. The number of quaternary nitrogens is 1. The second-order valence-corrected chi connectivity index (χ2v) is 7.13. The lowest BCUT2D eigenvalue weighted by Gasteiger charge is -2.14. The number of nitrogens with one attached hydrogen (secondary N) is 2. The van der Waals surface area contributed by atoms with Crippen molar-refractivity contribution in [1.29, 1.82) is 0 Å². The molecular weight excluding hydrogens is 372 g/mol. The number of carbonyl (C=O) groups excluding carboxylic acids is 1. The van der Waals surface area contributed by atoms with Crippen molar-refractivity contribution in [3.8, 4) is 5.69 Å². The lowest BCUT2D eigenvalue weighted by Crippen LogP contribution is -3.09. The third kappa shape index (κ3) is 4.30. The molecule has 2 aromatic carbocycles. The van der Waals surface area contributed by atoms with Crippen LogP contribution in [0.3, 0.4) is 0 Å². The summed E-state index contributed by atoms with van der Waals surface area (Å²) in [7, 11) is 0. The monoisotopic (exact) mass is 393 g/mol. The van der Waals surface area contributed by atoms with E-state index in [-0.39, 0.29) is 28.9 Å². The van der Waals surface area contributed by atoms with Crippen LogP contribution >= 0.6 is 0 Å². The normalized spacial score (nSPS) is 18.5.